The van der Waals surface area contributed by atoms with Gasteiger partial charge in [0.25, 0.3) is 0 Å². The highest BCUT2D eigenvalue weighted by Gasteiger charge is 2.16. The van der Waals surface area contributed by atoms with Gasteiger partial charge in [-0.05, 0) is 30.4 Å². The first-order chi connectivity index (χ1) is 7.25. The second-order valence-corrected chi connectivity index (χ2v) is 4.23. The minimum absolute atomic E-state index is 0.202. The maximum atomic E-state index is 5.88. The van der Waals surface area contributed by atoms with Gasteiger partial charge in [-0.1, -0.05) is 23.8 Å². The van der Waals surface area contributed by atoms with Crippen LogP contribution >= 0.6 is 23.2 Å². The quantitative estimate of drug-likeness (QED) is 0.653. The van der Waals surface area contributed by atoms with E-state index in [1.807, 2.05) is 0 Å². The molecular formula is C10H11Cl2N3. The Balaban J connectivity index is 1.88. The SMILES string of the molecule is Clc1ncc(Cl)c(NC/C=C/C2CC2)n1. The molecule has 0 saturated heterocycles. The van der Waals surface area contributed by atoms with Crippen molar-refractivity contribution >= 4 is 29.0 Å². The number of hydrogen-bond donors (Lipinski definition) is 1. The summed E-state index contributed by atoms with van der Waals surface area (Å²) in [6, 6.07) is 0. The number of hydrogen-bond acceptors (Lipinski definition) is 3. The number of nitrogens with zero attached hydrogens (tertiary/aromatic N) is 2. The van der Waals surface area contributed by atoms with Crippen molar-refractivity contribution in [1.82, 2.24) is 9.97 Å². The van der Waals surface area contributed by atoms with Crippen LogP contribution in [-0.2, 0) is 0 Å². The van der Waals surface area contributed by atoms with Crippen molar-refractivity contribution in [2.75, 3.05) is 11.9 Å². The molecule has 0 radical (unpaired) electrons. The van der Waals surface area contributed by atoms with E-state index in [1.54, 1.807) is 0 Å². The monoisotopic (exact) mass is 243 g/mol. The van der Waals surface area contributed by atoms with E-state index in [2.05, 4.69) is 27.4 Å². The van der Waals surface area contributed by atoms with Crippen LogP contribution in [0.15, 0.2) is 18.3 Å². The Hall–Kier alpha value is -0.800. The summed E-state index contributed by atoms with van der Waals surface area (Å²) in [7, 11) is 0. The molecule has 0 spiro atoms. The van der Waals surface area contributed by atoms with E-state index in [9.17, 15) is 0 Å². The van der Waals surface area contributed by atoms with Gasteiger partial charge in [-0.2, -0.15) is 4.98 Å². The van der Waals surface area contributed by atoms with Crippen LogP contribution in [0.25, 0.3) is 0 Å². The molecule has 0 amide bonds. The Morgan fingerprint density at radius 2 is 2.27 bits per heavy atom. The molecule has 80 valence electrons. The van der Waals surface area contributed by atoms with E-state index in [1.165, 1.54) is 19.0 Å². The lowest BCUT2D eigenvalue weighted by molar-refractivity contribution is 1.10. The minimum Gasteiger partial charge on any atom is -0.365 e. The highest BCUT2D eigenvalue weighted by molar-refractivity contribution is 6.33. The fourth-order valence-corrected chi connectivity index (χ4v) is 1.47. The van der Waals surface area contributed by atoms with E-state index in [-0.39, 0.29) is 5.28 Å². The Bertz CT molecular complexity index is 375. The van der Waals surface area contributed by atoms with E-state index >= 15 is 0 Å². The van der Waals surface area contributed by atoms with Crippen LogP contribution in [-0.4, -0.2) is 16.5 Å². The average molecular weight is 244 g/mol. The first-order valence-electron chi connectivity index (χ1n) is 4.84. The van der Waals surface area contributed by atoms with Crippen LogP contribution in [0, 0.1) is 5.92 Å². The number of halogens is 2. The predicted octanol–water partition coefficient (Wildman–Crippen LogP) is 3.16. The summed E-state index contributed by atoms with van der Waals surface area (Å²) in [5.74, 6) is 1.37. The molecular weight excluding hydrogens is 233 g/mol. The summed E-state index contributed by atoms with van der Waals surface area (Å²) in [6.07, 6.45) is 8.42. The summed E-state index contributed by atoms with van der Waals surface area (Å²) in [5, 5.41) is 3.77. The third-order valence-electron chi connectivity index (χ3n) is 2.13. The van der Waals surface area contributed by atoms with Gasteiger partial charge in [0.15, 0.2) is 0 Å². The van der Waals surface area contributed by atoms with Crippen LogP contribution in [0.5, 0.6) is 0 Å². The maximum Gasteiger partial charge on any atom is 0.224 e. The van der Waals surface area contributed by atoms with Crippen LogP contribution in [0.1, 0.15) is 12.8 Å². The molecule has 1 heterocycles. The van der Waals surface area contributed by atoms with E-state index in [4.69, 9.17) is 23.2 Å². The molecule has 2 rings (SSSR count). The molecule has 1 N–H and O–H groups in total. The molecule has 1 saturated carbocycles. The van der Waals surface area contributed by atoms with Crippen molar-refractivity contribution in [2.45, 2.75) is 12.8 Å². The third-order valence-corrected chi connectivity index (χ3v) is 2.59. The van der Waals surface area contributed by atoms with Crippen molar-refractivity contribution in [3.05, 3.63) is 28.7 Å². The van der Waals surface area contributed by atoms with Gasteiger partial charge in [0.1, 0.15) is 10.8 Å². The second-order valence-electron chi connectivity index (χ2n) is 3.48. The Labute approximate surface area is 98.5 Å². The smallest absolute Gasteiger partial charge is 0.224 e. The Kier molecular flexibility index (Phi) is 3.44. The molecule has 0 aromatic carbocycles. The number of allylic oxidation sites excluding steroid dienone is 1. The number of rotatable bonds is 4. The zero-order valence-electron chi connectivity index (χ0n) is 8.08. The van der Waals surface area contributed by atoms with Crippen LogP contribution in [0.4, 0.5) is 5.82 Å². The van der Waals surface area contributed by atoms with Crippen molar-refractivity contribution in [1.29, 1.82) is 0 Å². The fourth-order valence-electron chi connectivity index (χ4n) is 1.17. The lowest BCUT2D eigenvalue weighted by Crippen LogP contribution is -2.02. The van der Waals surface area contributed by atoms with Gasteiger partial charge in [-0.15, -0.1) is 0 Å². The van der Waals surface area contributed by atoms with E-state index in [0.29, 0.717) is 17.4 Å². The molecule has 0 atom stereocenters. The predicted molar refractivity (Wildman–Crippen MR) is 62.4 cm³/mol. The summed E-state index contributed by atoms with van der Waals surface area (Å²) < 4.78 is 0. The van der Waals surface area contributed by atoms with Gasteiger partial charge in [-0.3, -0.25) is 0 Å². The first kappa shape index (κ1) is 10.7. The molecule has 5 heteroatoms. The summed E-state index contributed by atoms with van der Waals surface area (Å²) in [6.45, 7) is 0.712. The molecule has 1 aromatic rings. The fraction of sp³-hybridized carbons (Fsp3) is 0.400. The topological polar surface area (TPSA) is 37.8 Å². The second kappa shape index (κ2) is 4.81. The largest absolute Gasteiger partial charge is 0.365 e. The molecule has 0 aliphatic heterocycles. The molecule has 1 aromatic heterocycles. The van der Waals surface area contributed by atoms with Crippen LogP contribution in [0.3, 0.4) is 0 Å². The average Bonchev–Trinajstić information content (AvgIpc) is 3.01. The Morgan fingerprint density at radius 1 is 1.47 bits per heavy atom. The minimum atomic E-state index is 0.202. The van der Waals surface area contributed by atoms with Gasteiger partial charge in [0.2, 0.25) is 5.28 Å². The van der Waals surface area contributed by atoms with Crippen LogP contribution < -0.4 is 5.32 Å². The molecule has 1 aliphatic carbocycles. The zero-order valence-corrected chi connectivity index (χ0v) is 9.59. The molecule has 1 aliphatic rings. The summed E-state index contributed by atoms with van der Waals surface area (Å²) >= 11 is 11.5. The van der Waals surface area contributed by atoms with Crippen molar-refractivity contribution in [3.8, 4) is 0 Å². The number of anilines is 1. The highest BCUT2D eigenvalue weighted by Crippen LogP contribution is 2.29. The third kappa shape index (κ3) is 3.36. The van der Waals surface area contributed by atoms with Gasteiger partial charge in [0, 0.05) is 6.54 Å². The van der Waals surface area contributed by atoms with Crippen molar-refractivity contribution in [3.63, 3.8) is 0 Å². The van der Waals surface area contributed by atoms with Gasteiger partial charge >= 0.3 is 0 Å². The summed E-state index contributed by atoms with van der Waals surface area (Å²) in [4.78, 5) is 7.75. The lowest BCUT2D eigenvalue weighted by Gasteiger charge is -2.03. The van der Waals surface area contributed by atoms with E-state index < -0.39 is 0 Å². The molecule has 1 fully saturated rings. The normalized spacial score (nSPS) is 15.9. The standard InChI is InChI=1S/C10H11Cl2N3/c11-8-6-14-10(12)15-9(8)13-5-1-2-7-3-4-7/h1-2,6-7H,3-5H2,(H,13,14,15)/b2-1+. The lowest BCUT2D eigenvalue weighted by atomic mass is 10.3. The summed E-state index contributed by atoms with van der Waals surface area (Å²) in [5.41, 5.74) is 0. The number of aromatic nitrogens is 2. The molecule has 0 bridgehead atoms. The maximum absolute atomic E-state index is 5.88. The van der Waals surface area contributed by atoms with Gasteiger partial charge in [0.05, 0.1) is 6.20 Å². The molecule has 0 unspecified atom stereocenters. The zero-order chi connectivity index (χ0) is 10.7. The molecule has 15 heavy (non-hydrogen) atoms. The molecule has 3 nitrogen and oxygen atoms in total. The number of nitrogens with one attached hydrogen (secondary N) is 1. The van der Waals surface area contributed by atoms with Crippen molar-refractivity contribution in [2.24, 2.45) is 5.92 Å². The van der Waals surface area contributed by atoms with Crippen molar-refractivity contribution < 1.29 is 0 Å². The van der Waals surface area contributed by atoms with Crippen LogP contribution in [0.2, 0.25) is 10.3 Å². The van der Waals surface area contributed by atoms with Gasteiger partial charge in [-0.25, -0.2) is 4.98 Å². The highest BCUT2D eigenvalue weighted by atomic mass is 35.5. The van der Waals surface area contributed by atoms with Gasteiger partial charge < -0.3 is 5.32 Å². The van der Waals surface area contributed by atoms with E-state index in [0.717, 1.165) is 5.92 Å². The first-order valence-corrected chi connectivity index (χ1v) is 5.60. The Morgan fingerprint density at radius 3 is 3.00 bits per heavy atom.